The highest BCUT2D eigenvalue weighted by Gasteiger charge is 2.11. The number of amides is 1. The molecule has 0 aliphatic rings. The van der Waals surface area contributed by atoms with Crippen LogP contribution >= 0.6 is 11.3 Å². The molecule has 1 heterocycles. The molecule has 0 radical (unpaired) electrons. The summed E-state index contributed by atoms with van der Waals surface area (Å²) < 4.78 is 1.49. The fourth-order valence-corrected chi connectivity index (χ4v) is 3.28. The average molecular weight is 338 g/mol. The topological polar surface area (TPSA) is 51.1 Å². The Kier molecular flexibility index (Phi) is 4.91. The Morgan fingerprint density at radius 2 is 1.79 bits per heavy atom. The lowest BCUT2D eigenvalue weighted by molar-refractivity contribution is -0.116. The van der Waals surface area contributed by atoms with Crippen LogP contribution in [0.2, 0.25) is 0 Å². The molecule has 0 aliphatic carbocycles. The van der Waals surface area contributed by atoms with E-state index in [4.69, 9.17) is 0 Å². The Hall–Kier alpha value is -2.66. The minimum absolute atomic E-state index is 0.0356. The third-order valence-electron chi connectivity index (χ3n) is 3.81. The van der Waals surface area contributed by atoms with E-state index in [1.807, 2.05) is 49.4 Å². The van der Waals surface area contributed by atoms with Crippen LogP contribution in [0.4, 0.5) is 5.69 Å². The van der Waals surface area contributed by atoms with E-state index in [1.54, 1.807) is 5.38 Å². The van der Waals surface area contributed by atoms with Crippen LogP contribution < -0.4 is 10.2 Å². The third-order valence-corrected chi connectivity index (χ3v) is 4.69. The summed E-state index contributed by atoms with van der Waals surface area (Å²) in [6.07, 6.45) is 0.745. The van der Waals surface area contributed by atoms with E-state index in [-0.39, 0.29) is 17.3 Å². The fraction of sp³-hybridized carbons (Fsp3) is 0.158. The van der Waals surface area contributed by atoms with Crippen LogP contribution in [0.3, 0.4) is 0 Å². The monoisotopic (exact) mass is 338 g/mol. The van der Waals surface area contributed by atoms with Crippen LogP contribution in [0.5, 0.6) is 0 Å². The molecule has 3 aromatic rings. The maximum Gasteiger partial charge on any atom is 0.307 e. The zero-order chi connectivity index (χ0) is 16.9. The van der Waals surface area contributed by atoms with E-state index in [9.17, 15) is 9.59 Å². The van der Waals surface area contributed by atoms with Crippen molar-refractivity contribution in [2.24, 2.45) is 0 Å². The maximum atomic E-state index is 12.3. The van der Waals surface area contributed by atoms with Crippen molar-refractivity contribution >= 4 is 22.9 Å². The molecule has 4 nitrogen and oxygen atoms in total. The zero-order valence-electron chi connectivity index (χ0n) is 13.4. The van der Waals surface area contributed by atoms with Gasteiger partial charge in [-0.25, -0.2) is 0 Å². The van der Waals surface area contributed by atoms with Gasteiger partial charge in [-0.3, -0.25) is 14.2 Å². The molecule has 3 rings (SSSR count). The number of aryl methyl sites for hydroxylation is 1. The SMILES string of the molecule is Cc1csc(=O)n1CC(=O)Nc1ccccc1Cc1ccccc1. The molecule has 2 aromatic carbocycles. The summed E-state index contributed by atoms with van der Waals surface area (Å²) in [5, 5.41) is 4.69. The number of nitrogens with zero attached hydrogens (tertiary/aromatic N) is 1. The van der Waals surface area contributed by atoms with Crippen LogP contribution in [0.25, 0.3) is 0 Å². The van der Waals surface area contributed by atoms with Gasteiger partial charge in [-0.2, -0.15) is 0 Å². The number of hydrogen-bond acceptors (Lipinski definition) is 3. The number of thiazole rings is 1. The van der Waals surface area contributed by atoms with Gasteiger partial charge >= 0.3 is 4.87 Å². The molecule has 0 atom stereocenters. The normalized spacial score (nSPS) is 10.5. The van der Waals surface area contributed by atoms with Crippen molar-refractivity contribution in [2.45, 2.75) is 19.9 Å². The van der Waals surface area contributed by atoms with Gasteiger partial charge < -0.3 is 5.32 Å². The molecular formula is C19H18N2O2S. The average Bonchev–Trinajstić information content (AvgIpc) is 2.89. The smallest absolute Gasteiger partial charge is 0.307 e. The van der Waals surface area contributed by atoms with Crippen LogP contribution in [-0.2, 0) is 17.8 Å². The number of rotatable bonds is 5. The van der Waals surface area contributed by atoms with Gasteiger partial charge in [0.05, 0.1) is 0 Å². The van der Waals surface area contributed by atoms with E-state index in [1.165, 1.54) is 10.1 Å². The lowest BCUT2D eigenvalue weighted by Crippen LogP contribution is -2.25. The van der Waals surface area contributed by atoms with Crippen LogP contribution in [-0.4, -0.2) is 10.5 Å². The molecule has 0 spiro atoms. The molecule has 5 heteroatoms. The molecule has 1 N–H and O–H groups in total. The van der Waals surface area contributed by atoms with Gasteiger partial charge in [0.2, 0.25) is 5.91 Å². The van der Waals surface area contributed by atoms with Gasteiger partial charge in [-0.1, -0.05) is 59.9 Å². The number of para-hydroxylation sites is 1. The summed E-state index contributed by atoms with van der Waals surface area (Å²) in [7, 11) is 0. The number of benzene rings is 2. The number of hydrogen-bond donors (Lipinski definition) is 1. The van der Waals surface area contributed by atoms with Gasteiger partial charge in [-0.15, -0.1) is 0 Å². The molecule has 0 aliphatic heterocycles. The molecule has 0 unspecified atom stereocenters. The van der Waals surface area contributed by atoms with Gasteiger partial charge in [0.15, 0.2) is 0 Å². The van der Waals surface area contributed by atoms with Gasteiger partial charge in [0, 0.05) is 16.8 Å². The lowest BCUT2D eigenvalue weighted by Gasteiger charge is -2.12. The van der Waals surface area contributed by atoms with Gasteiger partial charge in [0.25, 0.3) is 0 Å². The van der Waals surface area contributed by atoms with E-state index < -0.39 is 0 Å². The first-order valence-corrected chi connectivity index (χ1v) is 8.58. The van der Waals surface area contributed by atoms with Crippen molar-refractivity contribution in [1.82, 2.24) is 4.57 Å². The Balaban J connectivity index is 1.75. The molecule has 0 saturated carbocycles. The van der Waals surface area contributed by atoms with Gasteiger partial charge in [0.1, 0.15) is 6.54 Å². The van der Waals surface area contributed by atoms with E-state index in [2.05, 4.69) is 17.4 Å². The molecular weight excluding hydrogens is 320 g/mol. The quantitative estimate of drug-likeness (QED) is 0.775. The highest BCUT2D eigenvalue weighted by atomic mass is 32.1. The second-order valence-corrected chi connectivity index (χ2v) is 6.42. The van der Waals surface area contributed by atoms with Crippen molar-refractivity contribution in [3.8, 4) is 0 Å². The maximum absolute atomic E-state index is 12.3. The Morgan fingerprint density at radius 3 is 2.50 bits per heavy atom. The molecule has 0 saturated heterocycles. The van der Waals surface area contributed by atoms with E-state index in [0.717, 1.165) is 34.7 Å². The minimum Gasteiger partial charge on any atom is -0.324 e. The number of nitrogens with one attached hydrogen (secondary N) is 1. The molecule has 1 amide bonds. The molecule has 122 valence electrons. The van der Waals surface area contributed by atoms with E-state index in [0.29, 0.717) is 0 Å². The van der Waals surface area contributed by atoms with Crippen molar-refractivity contribution in [1.29, 1.82) is 0 Å². The number of carbonyl (C=O) groups excluding carboxylic acids is 1. The Labute approximate surface area is 144 Å². The predicted octanol–water partition coefficient (Wildman–Crippen LogP) is 3.45. The van der Waals surface area contributed by atoms with Crippen molar-refractivity contribution in [3.05, 3.63) is 86.5 Å². The molecule has 0 fully saturated rings. The molecule has 24 heavy (non-hydrogen) atoms. The first-order chi connectivity index (χ1) is 11.6. The molecule has 0 bridgehead atoms. The lowest BCUT2D eigenvalue weighted by atomic mass is 10.0. The predicted molar refractivity (Wildman–Crippen MR) is 97.6 cm³/mol. The van der Waals surface area contributed by atoms with Crippen molar-refractivity contribution < 1.29 is 4.79 Å². The first kappa shape index (κ1) is 16.2. The Morgan fingerprint density at radius 1 is 1.08 bits per heavy atom. The van der Waals surface area contributed by atoms with Crippen LogP contribution in [0, 0.1) is 6.92 Å². The summed E-state index contributed by atoms with van der Waals surface area (Å²) in [6, 6.07) is 17.9. The zero-order valence-corrected chi connectivity index (χ0v) is 14.2. The summed E-state index contributed by atoms with van der Waals surface area (Å²) in [4.78, 5) is 23.9. The Bertz CT molecular complexity index is 897. The number of anilines is 1. The third kappa shape index (κ3) is 3.81. The summed E-state index contributed by atoms with van der Waals surface area (Å²) in [6.45, 7) is 1.86. The highest BCUT2D eigenvalue weighted by molar-refractivity contribution is 7.07. The number of carbonyl (C=O) groups is 1. The van der Waals surface area contributed by atoms with E-state index >= 15 is 0 Å². The summed E-state index contributed by atoms with van der Waals surface area (Å²) in [5.41, 5.74) is 3.82. The standard InChI is InChI=1S/C19H18N2O2S/c1-14-13-24-19(23)21(14)12-18(22)20-17-10-6-5-9-16(17)11-15-7-3-2-4-8-15/h2-10,13H,11-12H2,1H3,(H,20,22). The second-order valence-electron chi connectivity index (χ2n) is 5.60. The van der Waals surface area contributed by atoms with Crippen molar-refractivity contribution in [3.63, 3.8) is 0 Å². The number of aromatic nitrogens is 1. The molecule has 1 aromatic heterocycles. The second kappa shape index (κ2) is 7.27. The van der Waals surface area contributed by atoms with Crippen molar-refractivity contribution in [2.75, 3.05) is 5.32 Å². The van der Waals surface area contributed by atoms with Crippen LogP contribution in [0.15, 0.2) is 64.8 Å². The minimum atomic E-state index is -0.195. The summed E-state index contributed by atoms with van der Waals surface area (Å²) in [5.74, 6) is -0.195. The van der Waals surface area contributed by atoms with Gasteiger partial charge in [-0.05, 0) is 30.5 Å². The largest absolute Gasteiger partial charge is 0.324 e. The van der Waals surface area contributed by atoms with Crippen LogP contribution in [0.1, 0.15) is 16.8 Å². The fourth-order valence-electron chi connectivity index (χ4n) is 2.54. The summed E-state index contributed by atoms with van der Waals surface area (Å²) >= 11 is 1.11. The highest BCUT2D eigenvalue weighted by Crippen LogP contribution is 2.19. The first-order valence-electron chi connectivity index (χ1n) is 7.70.